The van der Waals surface area contributed by atoms with E-state index in [1.165, 1.54) is 4.90 Å². The lowest BCUT2D eigenvalue weighted by Gasteiger charge is -2.28. The average molecular weight is 449 g/mol. The molecule has 0 N–H and O–H groups in total. The molecule has 1 saturated heterocycles. The molecule has 0 radical (unpaired) electrons. The maximum atomic E-state index is 13.6. The number of pyridine rings is 1. The van der Waals surface area contributed by atoms with Gasteiger partial charge in [0.15, 0.2) is 0 Å². The second-order valence-corrected chi connectivity index (χ2v) is 8.49. The summed E-state index contributed by atoms with van der Waals surface area (Å²) in [5.41, 5.74) is 4.10. The van der Waals surface area contributed by atoms with E-state index in [2.05, 4.69) is 9.88 Å². The molecule has 0 bridgehead atoms. The largest absolute Gasteiger partial charge is 0.379 e. The number of morpholine rings is 1. The Morgan fingerprint density at radius 1 is 0.970 bits per heavy atom. The molecule has 2 aliphatic heterocycles. The highest BCUT2D eigenvalue weighted by molar-refractivity contribution is 6.35. The molecule has 2 aliphatic rings. The van der Waals surface area contributed by atoms with Crippen molar-refractivity contribution < 1.29 is 14.3 Å². The molecule has 0 saturated carbocycles. The molecule has 4 rings (SSSR count). The van der Waals surface area contributed by atoms with E-state index in [9.17, 15) is 9.59 Å². The molecule has 174 valence electrons. The van der Waals surface area contributed by atoms with Gasteiger partial charge < -0.3 is 9.64 Å². The van der Waals surface area contributed by atoms with Crippen LogP contribution in [0.5, 0.6) is 0 Å². The third-order valence-electron chi connectivity index (χ3n) is 6.35. The van der Waals surface area contributed by atoms with Crippen LogP contribution >= 0.6 is 0 Å². The predicted octanol–water partition coefficient (Wildman–Crippen LogP) is 2.37. The number of amides is 2. The quantitative estimate of drug-likeness (QED) is 0.549. The van der Waals surface area contributed by atoms with E-state index in [4.69, 9.17) is 4.74 Å². The van der Waals surface area contributed by atoms with Gasteiger partial charge in [-0.3, -0.25) is 24.4 Å². The number of carbonyl (C=O) groups is 2. The molecule has 2 aromatic rings. The van der Waals surface area contributed by atoms with Gasteiger partial charge in [-0.15, -0.1) is 0 Å². The van der Waals surface area contributed by atoms with Crippen LogP contribution in [0.4, 0.5) is 0 Å². The van der Waals surface area contributed by atoms with E-state index < -0.39 is 0 Å². The van der Waals surface area contributed by atoms with Gasteiger partial charge in [0.2, 0.25) is 0 Å². The second kappa shape index (κ2) is 10.7. The van der Waals surface area contributed by atoms with E-state index in [0.29, 0.717) is 50.7 Å². The Balaban J connectivity index is 1.60. The van der Waals surface area contributed by atoms with Crippen LogP contribution in [-0.4, -0.2) is 84.0 Å². The number of carbonyl (C=O) groups excluding carboxylic acids is 2. The first-order chi connectivity index (χ1) is 16.1. The second-order valence-electron chi connectivity index (χ2n) is 8.49. The highest BCUT2D eigenvalue weighted by Gasteiger charge is 2.41. The molecular weight excluding hydrogens is 416 g/mol. The highest BCUT2D eigenvalue weighted by atomic mass is 16.5. The van der Waals surface area contributed by atoms with Gasteiger partial charge in [0.05, 0.1) is 18.8 Å². The third kappa shape index (κ3) is 5.31. The maximum absolute atomic E-state index is 13.6. The third-order valence-corrected chi connectivity index (χ3v) is 6.35. The first-order valence-corrected chi connectivity index (χ1v) is 11.7. The summed E-state index contributed by atoms with van der Waals surface area (Å²) >= 11 is 0. The summed E-state index contributed by atoms with van der Waals surface area (Å²) in [4.78, 5) is 36.9. The fourth-order valence-electron chi connectivity index (χ4n) is 4.35. The van der Waals surface area contributed by atoms with Gasteiger partial charge in [0, 0.05) is 51.7 Å². The molecule has 0 atom stereocenters. The summed E-state index contributed by atoms with van der Waals surface area (Å²) in [5, 5.41) is 0. The van der Waals surface area contributed by atoms with Crippen LogP contribution in [0.1, 0.15) is 23.6 Å². The fourth-order valence-corrected chi connectivity index (χ4v) is 4.35. The molecule has 1 aromatic heterocycles. The van der Waals surface area contributed by atoms with Crippen LogP contribution in [0, 0.1) is 6.92 Å². The molecule has 33 heavy (non-hydrogen) atoms. The van der Waals surface area contributed by atoms with E-state index in [-0.39, 0.29) is 11.8 Å². The number of nitrogens with zero attached hydrogens (tertiary/aromatic N) is 4. The number of likely N-dealkylation sites (N-methyl/N-ethyl adjacent to an activating group) is 1. The summed E-state index contributed by atoms with van der Waals surface area (Å²) in [7, 11) is 0. The van der Waals surface area contributed by atoms with E-state index in [1.807, 2.05) is 55.1 Å². The number of benzene rings is 1. The molecule has 0 unspecified atom stereocenters. The Morgan fingerprint density at radius 3 is 2.33 bits per heavy atom. The summed E-state index contributed by atoms with van der Waals surface area (Å²) in [6.07, 6.45) is 4.33. The minimum Gasteiger partial charge on any atom is -0.379 e. The van der Waals surface area contributed by atoms with Crippen molar-refractivity contribution in [2.45, 2.75) is 20.3 Å². The standard InChI is InChI=1S/C26H32N4O3/c1-3-29(13-10-21-8-11-27-12-9-21)24-23(22-6-4-20(2)5-7-22)25(31)30(26(24)32)15-14-28-16-18-33-19-17-28/h4-9,11-12H,3,10,13-19H2,1-2H3. The average Bonchev–Trinajstić information content (AvgIpc) is 3.09. The summed E-state index contributed by atoms with van der Waals surface area (Å²) in [5.74, 6) is -0.394. The van der Waals surface area contributed by atoms with Gasteiger partial charge in [0.25, 0.3) is 11.8 Å². The van der Waals surface area contributed by atoms with E-state index >= 15 is 0 Å². The van der Waals surface area contributed by atoms with Crippen LogP contribution in [0.3, 0.4) is 0 Å². The van der Waals surface area contributed by atoms with Gasteiger partial charge >= 0.3 is 0 Å². The Morgan fingerprint density at radius 2 is 1.67 bits per heavy atom. The number of rotatable bonds is 9. The minimum atomic E-state index is -0.200. The predicted molar refractivity (Wildman–Crippen MR) is 127 cm³/mol. The zero-order valence-electron chi connectivity index (χ0n) is 19.5. The number of ether oxygens (including phenoxy) is 1. The van der Waals surface area contributed by atoms with Crippen molar-refractivity contribution in [2.75, 3.05) is 52.5 Å². The molecule has 1 aromatic carbocycles. The SMILES string of the molecule is CCN(CCc1ccncc1)C1=C(c2ccc(C)cc2)C(=O)N(CCN2CCOCC2)C1=O. The molecule has 7 heteroatoms. The molecule has 1 fully saturated rings. The smallest absolute Gasteiger partial charge is 0.277 e. The van der Waals surface area contributed by atoms with Crippen LogP contribution < -0.4 is 0 Å². The van der Waals surface area contributed by atoms with Crippen molar-refractivity contribution in [2.24, 2.45) is 0 Å². The summed E-state index contributed by atoms with van der Waals surface area (Å²) in [6, 6.07) is 11.8. The summed E-state index contributed by atoms with van der Waals surface area (Å²) in [6.45, 7) is 9.44. The lowest BCUT2D eigenvalue weighted by Crippen LogP contribution is -2.44. The molecule has 7 nitrogen and oxygen atoms in total. The van der Waals surface area contributed by atoms with Crippen molar-refractivity contribution in [3.63, 3.8) is 0 Å². The molecule has 0 spiro atoms. The lowest BCUT2D eigenvalue weighted by atomic mass is 10.0. The fraction of sp³-hybridized carbons (Fsp3) is 0.423. The molecule has 3 heterocycles. The van der Waals surface area contributed by atoms with Gasteiger partial charge in [0.1, 0.15) is 5.70 Å². The van der Waals surface area contributed by atoms with Gasteiger partial charge in [-0.2, -0.15) is 0 Å². The number of imide groups is 1. The van der Waals surface area contributed by atoms with Crippen molar-refractivity contribution >= 4 is 17.4 Å². The number of aryl methyl sites for hydroxylation is 1. The zero-order chi connectivity index (χ0) is 23.2. The van der Waals surface area contributed by atoms with Crippen LogP contribution in [-0.2, 0) is 20.7 Å². The number of aromatic nitrogens is 1. The Kier molecular flexibility index (Phi) is 7.52. The minimum absolute atomic E-state index is 0.194. The monoisotopic (exact) mass is 448 g/mol. The van der Waals surface area contributed by atoms with Crippen molar-refractivity contribution in [3.05, 3.63) is 71.2 Å². The Labute approximate surface area is 195 Å². The Hall–Kier alpha value is -3.03. The van der Waals surface area contributed by atoms with Crippen LogP contribution in [0.25, 0.3) is 5.57 Å². The maximum Gasteiger partial charge on any atom is 0.277 e. The molecule has 2 amide bonds. The van der Waals surface area contributed by atoms with E-state index in [1.54, 1.807) is 12.4 Å². The topological polar surface area (TPSA) is 66.0 Å². The zero-order valence-corrected chi connectivity index (χ0v) is 19.5. The molecular formula is C26H32N4O3. The molecule has 0 aliphatic carbocycles. The first-order valence-electron chi connectivity index (χ1n) is 11.7. The lowest BCUT2D eigenvalue weighted by molar-refractivity contribution is -0.138. The van der Waals surface area contributed by atoms with Crippen LogP contribution in [0.2, 0.25) is 0 Å². The first kappa shape index (κ1) is 23.1. The Bertz CT molecular complexity index is 998. The van der Waals surface area contributed by atoms with Crippen molar-refractivity contribution in [1.29, 1.82) is 0 Å². The number of hydrogen-bond acceptors (Lipinski definition) is 6. The summed E-state index contributed by atoms with van der Waals surface area (Å²) < 4.78 is 5.42. The number of hydrogen-bond donors (Lipinski definition) is 0. The van der Waals surface area contributed by atoms with Crippen molar-refractivity contribution in [3.8, 4) is 0 Å². The normalized spacial score (nSPS) is 17.2. The van der Waals surface area contributed by atoms with Crippen molar-refractivity contribution in [1.82, 2.24) is 19.7 Å². The van der Waals surface area contributed by atoms with Gasteiger partial charge in [-0.25, -0.2) is 0 Å². The van der Waals surface area contributed by atoms with Gasteiger partial charge in [-0.1, -0.05) is 29.8 Å². The van der Waals surface area contributed by atoms with E-state index in [0.717, 1.165) is 36.2 Å². The highest BCUT2D eigenvalue weighted by Crippen LogP contribution is 2.32. The van der Waals surface area contributed by atoms with Crippen LogP contribution in [0.15, 0.2) is 54.5 Å². The van der Waals surface area contributed by atoms with Gasteiger partial charge in [-0.05, 0) is 43.5 Å².